The van der Waals surface area contributed by atoms with Crippen LogP contribution < -0.4 is 0 Å². The molecule has 0 aliphatic carbocycles. The Morgan fingerprint density at radius 2 is 1.92 bits per heavy atom. The Labute approximate surface area is 101 Å². The van der Waals surface area contributed by atoms with Crippen LogP contribution in [-0.4, -0.2) is 0 Å². The van der Waals surface area contributed by atoms with Crippen molar-refractivity contribution in [3.63, 3.8) is 0 Å². The smallest absolute Gasteiger partial charge is 0.500 e. The molecule has 0 aliphatic heterocycles. The Hall–Kier alpha value is 0.532. The van der Waals surface area contributed by atoms with Crippen molar-refractivity contribution in [2.75, 3.05) is 0 Å². The zero-order chi connectivity index (χ0) is 8.85. The molecule has 0 rings (SSSR count). The van der Waals surface area contributed by atoms with E-state index in [1.54, 1.807) is 0 Å². The van der Waals surface area contributed by atoms with Gasteiger partial charge in [0.05, 0.1) is 0 Å². The fourth-order valence-electron chi connectivity index (χ4n) is 1.03. The summed E-state index contributed by atoms with van der Waals surface area (Å²) in [6.07, 6.45) is 5.95. The van der Waals surface area contributed by atoms with E-state index in [0.29, 0.717) is 11.8 Å². The third-order valence-corrected chi connectivity index (χ3v) is 1.67. The van der Waals surface area contributed by atoms with Gasteiger partial charge in [0.1, 0.15) is 0 Å². The maximum Gasteiger partial charge on any atom is 2.00 e. The number of hydrogen-bond acceptors (Lipinski definition) is 0. The monoisotopic (exact) mass is 388 g/mol. The van der Waals surface area contributed by atoms with E-state index < -0.39 is 0 Å². The van der Waals surface area contributed by atoms with E-state index in [1.807, 2.05) is 0 Å². The molecule has 0 saturated heterocycles. The summed E-state index contributed by atoms with van der Waals surface area (Å²) in [5, 5.41) is 0. The summed E-state index contributed by atoms with van der Waals surface area (Å²) in [4.78, 5) is 0. The zero-order valence-electron chi connectivity index (χ0n) is 8.35. The molecular formula is C11H18U. The van der Waals surface area contributed by atoms with Gasteiger partial charge in [-0.2, -0.15) is 18.3 Å². The largest absolute Gasteiger partial charge is 2.00 e. The van der Waals surface area contributed by atoms with E-state index in [9.17, 15) is 0 Å². The first kappa shape index (κ1) is 15.0. The molecule has 0 radical (unpaired) electrons. The first-order valence-corrected chi connectivity index (χ1v) is 4.10. The Morgan fingerprint density at radius 1 is 1.42 bits per heavy atom. The van der Waals surface area contributed by atoms with Gasteiger partial charge in [0.25, 0.3) is 0 Å². The van der Waals surface area contributed by atoms with Crippen molar-refractivity contribution in [3.05, 3.63) is 31.2 Å². The summed E-state index contributed by atoms with van der Waals surface area (Å²) in [6, 6.07) is 0. The predicted molar refractivity (Wildman–Crippen MR) is 50.9 cm³/mol. The molecule has 0 unspecified atom stereocenters. The third kappa shape index (κ3) is 7.20. The molecule has 0 nitrogen and oxygen atoms in total. The van der Waals surface area contributed by atoms with Gasteiger partial charge in [-0.1, -0.05) is 20.8 Å². The number of allylic oxidation sites excluding steroid dienone is 2. The van der Waals surface area contributed by atoms with Crippen molar-refractivity contribution in [3.8, 4) is 0 Å². The minimum Gasteiger partial charge on any atom is -0.500 e. The molecule has 0 saturated carbocycles. The van der Waals surface area contributed by atoms with Crippen molar-refractivity contribution >= 4 is 0 Å². The van der Waals surface area contributed by atoms with Gasteiger partial charge < -0.3 is 12.5 Å². The Balaban J connectivity index is 0. The molecule has 0 bridgehead atoms. The molecule has 66 valence electrons. The average molecular weight is 388 g/mol. The SMILES string of the molecule is C=[C-]CC(=C)[C@H](C)[CH-]C(C)C.[U+2]. The number of rotatable bonds is 5. The molecule has 0 aromatic rings. The standard InChI is InChI=1S/C11H18.U/c1-6-7-10(4)11(5)8-9(2)3;/h8-9,11H,1,4,7H2,2-3,5H3;/q-2;+2/t11-;/m1./s1. The zero-order valence-corrected chi connectivity index (χ0v) is 12.5. The normalized spacial score (nSPS) is 12.0. The molecule has 0 spiro atoms. The van der Waals surface area contributed by atoms with Crippen LogP contribution in [0.2, 0.25) is 0 Å². The summed E-state index contributed by atoms with van der Waals surface area (Å²) in [5.41, 5.74) is 1.20. The van der Waals surface area contributed by atoms with Gasteiger partial charge in [-0.15, -0.1) is 12.2 Å². The second kappa shape index (κ2) is 8.14. The van der Waals surface area contributed by atoms with Crippen molar-refractivity contribution < 1.29 is 31.1 Å². The van der Waals surface area contributed by atoms with E-state index in [-0.39, 0.29) is 31.1 Å². The summed E-state index contributed by atoms with van der Waals surface area (Å²) in [6.45, 7) is 14.1. The number of hydrogen-bond donors (Lipinski definition) is 0. The van der Waals surface area contributed by atoms with Crippen LogP contribution in [0.3, 0.4) is 0 Å². The van der Waals surface area contributed by atoms with Crippen molar-refractivity contribution in [2.24, 2.45) is 11.8 Å². The van der Waals surface area contributed by atoms with E-state index in [2.05, 4.69) is 46.4 Å². The fourth-order valence-corrected chi connectivity index (χ4v) is 1.03. The van der Waals surface area contributed by atoms with Gasteiger partial charge in [0.15, 0.2) is 0 Å². The van der Waals surface area contributed by atoms with Crippen LogP contribution in [0.15, 0.2) is 18.7 Å². The molecule has 12 heavy (non-hydrogen) atoms. The van der Waals surface area contributed by atoms with Crippen molar-refractivity contribution in [1.82, 2.24) is 0 Å². The van der Waals surface area contributed by atoms with E-state index in [4.69, 9.17) is 0 Å². The van der Waals surface area contributed by atoms with Crippen LogP contribution in [0, 0.1) is 55.4 Å². The van der Waals surface area contributed by atoms with Gasteiger partial charge in [-0.05, 0) is 0 Å². The van der Waals surface area contributed by atoms with Crippen LogP contribution in [0.4, 0.5) is 0 Å². The van der Waals surface area contributed by atoms with Gasteiger partial charge in [-0.3, -0.25) is 6.58 Å². The van der Waals surface area contributed by atoms with Crippen LogP contribution in [0.1, 0.15) is 27.2 Å². The summed E-state index contributed by atoms with van der Waals surface area (Å²) < 4.78 is 0. The molecule has 1 atom stereocenters. The third-order valence-electron chi connectivity index (χ3n) is 1.67. The minimum absolute atomic E-state index is 0. The van der Waals surface area contributed by atoms with Gasteiger partial charge in [0, 0.05) is 0 Å². The quantitative estimate of drug-likeness (QED) is 0.500. The van der Waals surface area contributed by atoms with Crippen molar-refractivity contribution in [1.29, 1.82) is 0 Å². The van der Waals surface area contributed by atoms with E-state index in [1.165, 1.54) is 5.57 Å². The molecular weight excluding hydrogens is 370 g/mol. The maximum atomic E-state index is 3.96. The van der Waals surface area contributed by atoms with Gasteiger partial charge in [0.2, 0.25) is 0 Å². The molecule has 0 aromatic heterocycles. The minimum atomic E-state index is 0. The topological polar surface area (TPSA) is 0 Å². The second-order valence-corrected chi connectivity index (χ2v) is 3.31. The first-order chi connectivity index (χ1) is 5.07. The van der Waals surface area contributed by atoms with E-state index >= 15 is 0 Å². The van der Waals surface area contributed by atoms with Crippen LogP contribution in [0.25, 0.3) is 0 Å². The van der Waals surface area contributed by atoms with Gasteiger partial charge in [-0.25, -0.2) is 0 Å². The Morgan fingerprint density at radius 3 is 2.25 bits per heavy atom. The molecule has 0 N–H and O–H groups in total. The first-order valence-electron chi connectivity index (χ1n) is 4.10. The molecule has 1 heteroatoms. The van der Waals surface area contributed by atoms with Crippen molar-refractivity contribution in [2.45, 2.75) is 27.2 Å². The van der Waals surface area contributed by atoms with E-state index in [0.717, 1.165) is 6.42 Å². The maximum absolute atomic E-state index is 3.96. The molecule has 0 aliphatic rings. The van der Waals surface area contributed by atoms with Gasteiger partial charge >= 0.3 is 31.1 Å². The Bertz CT molecular complexity index is 136. The van der Waals surface area contributed by atoms with Crippen LogP contribution in [-0.2, 0) is 0 Å². The molecule has 0 heterocycles. The average Bonchev–Trinajstić information content (AvgIpc) is 1.86. The van der Waals surface area contributed by atoms with Crippen LogP contribution in [0.5, 0.6) is 0 Å². The molecule has 0 amide bonds. The Kier molecular flexibility index (Phi) is 10.2. The van der Waals surface area contributed by atoms with Crippen LogP contribution >= 0.6 is 0 Å². The summed E-state index contributed by atoms with van der Waals surface area (Å²) in [5.74, 6) is 1.12. The fraction of sp³-hybridized carbons (Fsp3) is 0.545. The molecule has 0 fully saturated rings. The summed E-state index contributed by atoms with van der Waals surface area (Å²) >= 11 is 0. The summed E-state index contributed by atoms with van der Waals surface area (Å²) in [7, 11) is 0. The predicted octanol–water partition coefficient (Wildman–Crippen LogP) is 3.42. The molecule has 0 aromatic carbocycles. The second-order valence-electron chi connectivity index (χ2n) is 3.31.